The molecule has 6 nitrogen and oxygen atoms in total. The van der Waals surface area contributed by atoms with Crippen LogP contribution >= 0.6 is 0 Å². The standard InChI is InChI=1S/C10H16B2O6/c1-3-17-9-5-8(12(15)16)10(18-4-2)6-7(9)11(13)14/h5-6,13-16H,3-4H2,1-2H3. The summed E-state index contributed by atoms with van der Waals surface area (Å²) < 4.78 is 10.4. The molecular weight excluding hydrogens is 238 g/mol. The maximum absolute atomic E-state index is 9.25. The van der Waals surface area contributed by atoms with Crippen molar-refractivity contribution in [3.63, 3.8) is 0 Å². The van der Waals surface area contributed by atoms with Crippen LogP contribution in [0.4, 0.5) is 0 Å². The van der Waals surface area contributed by atoms with Gasteiger partial charge < -0.3 is 29.6 Å². The van der Waals surface area contributed by atoms with E-state index in [1.807, 2.05) is 0 Å². The highest BCUT2D eigenvalue weighted by Crippen LogP contribution is 2.15. The predicted octanol–water partition coefficient (Wildman–Crippen LogP) is -2.16. The molecule has 98 valence electrons. The molecule has 0 heterocycles. The van der Waals surface area contributed by atoms with E-state index in [-0.39, 0.29) is 22.4 Å². The van der Waals surface area contributed by atoms with Crippen molar-refractivity contribution in [3.05, 3.63) is 12.1 Å². The lowest BCUT2D eigenvalue weighted by Gasteiger charge is -2.16. The van der Waals surface area contributed by atoms with Crippen LogP contribution in [0.2, 0.25) is 0 Å². The normalized spacial score (nSPS) is 10.1. The summed E-state index contributed by atoms with van der Waals surface area (Å²) in [5, 5.41) is 37.0. The minimum absolute atomic E-state index is 0.115. The van der Waals surface area contributed by atoms with Gasteiger partial charge in [0.15, 0.2) is 0 Å². The SMILES string of the molecule is CCOc1cc(B(O)O)c(OCC)cc1B(O)O. The van der Waals surface area contributed by atoms with Gasteiger partial charge >= 0.3 is 14.2 Å². The highest BCUT2D eigenvalue weighted by atomic mass is 16.5. The van der Waals surface area contributed by atoms with Gasteiger partial charge in [0, 0.05) is 10.9 Å². The summed E-state index contributed by atoms with van der Waals surface area (Å²) in [6.07, 6.45) is 0. The number of benzene rings is 1. The van der Waals surface area contributed by atoms with Gasteiger partial charge in [0.2, 0.25) is 0 Å². The average molecular weight is 254 g/mol. The fraction of sp³-hybridized carbons (Fsp3) is 0.400. The molecule has 8 heteroatoms. The van der Waals surface area contributed by atoms with Gasteiger partial charge in [-0.1, -0.05) is 0 Å². The summed E-state index contributed by atoms with van der Waals surface area (Å²) in [4.78, 5) is 0. The highest BCUT2D eigenvalue weighted by Gasteiger charge is 2.25. The minimum Gasteiger partial charge on any atom is -0.494 e. The monoisotopic (exact) mass is 254 g/mol. The molecule has 0 saturated carbocycles. The van der Waals surface area contributed by atoms with E-state index in [0.717, 1.165) is 0 Å². The van der Waals surface area contributed by atoms with E-state index in [1.165, 1.54) is 12.1 Å². The molecule has 0 aromatic heterocycles. The Hall–Kier alpha value is -1.21. The van der Waals surface area contributed by atoms with E-state index in [2.05, 4.69) is 0 Å². The van der Waals surface area contributed by atoms with Crippen LogP contribution < -0.4 is 20.4 Å². The first-order chi connectivity index (χ1) is 8.51. The van der Waals surface area contributed by atoms with E-state index < -0.39 is 14.2 Å². The molecule has 0 radical (unpaired) electrons. The van der Waals surface area contributed by atoms with E-state index in [4.69, 9.17) is 9.47 Å². The lowest BCUT2D eigenvalue weighted by atomic mass is 9.73. The molecule has 0 unspecified atom stereocenters. The lowest BCUT2D eigenvalue weighted by Crippen LogP contribution is -2.37. The van der Waals surface area contributed by atoms with Crippen LogP contribution in [0.25, 0.3) is 0 Å². The van der Waals surface area contributed by atoms with Gasteiger partial charge in [0.25, 0.3) is 0 Å². The van der Waals surface area contributed by atoms with Crippen molar-refractivity contribution in [2.75, 3.05) is 13.2 Å². The number of rotatable bonds is 6. The summed E-state index contributed by atoms with van der Waals surface area (Å²) in [6.45, 7) is 4.10. The lowest BCUT2D eigenvalue weighted by molar-refractivity contribution is 0.330. The zero-order valence-electron chi connectivity index (χ0n) is 10.3. The topological polar surface area (TPSA) is 99.4 Å². The summed E-state index contributed by atoms with van der Waals surface area (Å²) in [5.74, 6) is 0.359. The van der Waals surface area contributed by atoms with E-state index in [1.54, 1.807) is 13.8 Å². The first-order valence-electron chi connectivity index (χ1n) is 5.66. The Balaban J connectivity index is 3.30. The fourth-order valence-corrected chi connectivity index (χ4v) is 1.56. The second kappa shape index (κ2) is 6.65. The van der Waals surface area contributed by atoms with Crippen molar-refractivity contribution < 1.29 is 29.6 Å². The van der Waals surface area contributed by atoms with Gasteiger partial charge in [0.1, 0.15) is 11.5 Å². The van der Waals surface area contributed by atoms with Crippen LogP contribution in [0.15, 0.2) is 12.1 Å². The molecule has 1 rings (SSSR count). The van der Waals surface area contributed by atoms with Gasteiger partial charge in [0.05, 0.1) is 13.2 Å². The molecule has 18 heavy (non-hydrogen) atoms. The Morgan fingerprint density at radius 2 is 1.17 bits per heavy atom. The van der Waals surface area contributed by atoms with E-state index in [0.29, 0.717) is 13.2 Å². The van der Waals surface area contributed by atoms with Crippen molar-refractivity contribution in [1.82, 2.24) is 0 Å². The van der Waals surface area contributed by atoms with Crippen LogP contribution in [0, 0.1) is 0 Å². The molecule has 0 aliphatic heterocycles. The summed E-state index contributed by atoms with van der Waals surface area (Å²) in [5.41, 5.74) is 0.231. The van der Waals surface area contributed by atoms with Gasteiger partial charge in [-0.2, -0.15) is 0 Å². The fourth-order valence-electron chi connectivity index (χ4n) is 1.56. The Morgan fingerprint density at radius 1 is 0.833 bits per heavy atom. The molecule has 0 bridgehead atoms. The van der Waals surface area contributed by atoms with Crippen LogP contribution in [-0.4, -0.2) is 47.5 Å². The molecule has 1 aromatic rings. The molecule has 0 saturated heterocycles. The van der Waals surface area contributed by atoms with Gasteiger partial charge in [-0.3, -0.25) is 0 Å². The smallest absolute Gasteiger partial charge is 0.492 e. The third-order valence-corrected chi connectivity index (χ3v) is 2.30. The van der Waals surface area contributed by atoms with E-state index >= 15 is 0 Å². The number of hydrogen-bond donors (Lipinski definition) is 4. The largest absolute Gasteiger partial charge is 0.494 e. The second-order valence-corrected chi connectivity index (χ2v) is 3.54. The van der Waals surface area contributed by atoms with Gasteiger partial charge in [-0.25, -0.2) is 0 Å². The van der Waals surface area contributed by atoms with Gasteiger partial charge in [-0.05, 0) is 26.0 Å². The second-order valence-electron chi connectivity index (χ2n) is 3.54. The van der Waals surface area contributed by atoms with Crippen LogP contribution in [0.3, 0.4) is 0 Å². The molecule has 0 aliphatic rings. The molecule has 4 N–H and O–H groups in total. The molecule has 0 spiro atoms. The number of hydrogen-bond acceptors (Lipinski definition) is 6. The van der Waals surface area contributed by atoms with Crippen molar-refractivity contribution in [3.8, 4) is 11.5 Å². The third-order valence-electron chi connectivity index (χ3n) is 2.30. The molecule has 0 atom stereocenters. The molecule has 0 fully saturated rings. The quantitative estimate of drug-likeness (QED) is 0.432. The Bertz CT molecular complexity index is 358. The minimum atomic E-state index is -1.73. The Kier molecular flexibility index (Phi) is 5.49. The molecular formula is C10H16B2O6. The van der Waals surface area contributed by atoms with Crippen molar-refractivity contribution in [2.45, 2.75) is 13.8 Å². The Labute approximate surface area is 106 Å². The molecule has 1 aromatic carbocycles. The zero-order chi connectivity index (χ0) is 13.7. The van der Waals surface area contributed by atoms with Crippen LogP contribution in [0.5, 0.6) is 11.5 Å². The average Bonchev–Trinajstić information content (AvgIpc) is 2.30. The van der Waals surface area contributed by atoms with Crippen LogP contribution in [0.1, 0.15) is 13.8 Å². The maximum atomic E-state index is 9.25. The molecule has 0 aliphatic carbocycles. The van der Waals surface area contributed by atoms with Gasteiger partial charge in [-0.15, -0.1) is 0 Å². The van der Waals surface area contributed by atoms with Crippen molar-refractivity contribution in [1.29, 1.82) is 0 Å². The van der Waals surface area contributed by atoms with Crippen molar-refractivity contribution in [2.24, 2.45) is 0 Å². The first kappa shape index (κ1) is 14.8. The maximum Gasteiger partial charge on any atom is 0.492 e. The zero-order valence-corrected chi connectivity index (χ0v) is 10.3. The number of ether oxygens (including phenoxy) is 2. The van der Waals surface area contributed by atoms with Crippen LogP contribution in [-0.2, 0) is 0 Å². The predicted molar refractivity (Wildman–Crippen MR) is 68.4 cm³/mol. The summed E-state index contributed by atoms with van der Waals surface area (Å²) >= 11 is 0. The first-order valence-corrected chi connectivity index (χ1v) is 5.66. The third kappa shape index (κ3) is 3.39. The Morgan fingerprint density at radius 3 is 1.39 bits per heavy atom. The van der Waals surface area contributed by atoms with E-state index in [9.17, 15) is 20.1 Å². The van der Waals surface area contributed by atoms with Crippen molar-refractivity contribution >= 4 is 25.2 Å². The molecule has 0 amide bonds. The summed E-state index contributed by atoms with van der Waals surface area (Å²) in [7, 11) is -3.45. The highest BCUT2D eigenvalue weighted by molar-refractivity contribution is 6.62. The summed E-state index contributed by atoms with van der Waals surface area (Å²) in [6, 6.07) is 2.65.